The minimum absolute atomic E-state index is 0. The van der Waals surface area contributed by atoms with Crippen LogP contribution in [0.1, 0.15) is 39.2 Å². The lowest BCUT2D eigenvalue weighted by Gasteiger charge is -2.25. The van der Waals surface area contributed by atoms with E-state index in [9.17, 15) is 14.4 Å². The summed E-state index contributed by atoms with van der Waals surface area (Å²) < 4.78 is 5.10. The minimum atomic E-state index is -0.846. The summed E-state index contributed by atoms with van der Waals surface area (Å²) in [5.74, 6) is -0.599. The summed E-state index contributed by atoms with van der Waals surface area (Å²) in [5, 5.41) is 5.54. The predicted molar refractivity (Wildman–Crippen MR) is 128 cm³/mol. The first kappa shape index (κ1) is 29.2. The first-order valence-electron chi connectivity index (χ1n) is 10.4. The molecule has 0 heterocycles. The number of amides is 2. The smallest absolute Gasteiger partial charge is 0.328 e. The number of halogens is 1. The summed E-state index contributed by atoms with van der Waals surface area (Å²) in [6.45, 7) is 5.82. The van der Waals surface area contributed by atoms with Crippen LogP contribution >= 0.6 is 24.2 Å². The average molecular weight is 474 g/mol. The fourth-order valence-corrected chi connectivity index (χ4v) is 3.31. The first-order chi connectivity index (χ1) is 14.3. The fraction of sp³-hybridized carbons (Fsp3) is 0.591. The number of nitrogens with two attached hydrogens (primary N) is 1. The van der Waals surface area contributed by atoms with E-state index in [1.165, 1.54) is 0 Å². The molecule has 0 aliphatic rings. The highest BCUT2D eigenvalue weighted by Gasteiger charge is 2.29. The van der Waals surface area contributed by atoms with Crippen molar-refractivity contribution >= 4 is 42.0 Å². The van der Waals surface area contributed by atoms with Gasteiger partial charge in [0.05, 0.1) is 12.6 Å². The highest BCUT2D eigenvalue weighted by atomic mass is 35.5. The van der Waals surface area contributed by atoms with Crippen LogP contribution < -0.4 is 16.4 Å². The molecule has 1 rings (SSSR count). The van der Waals surface area contributed by atoms with Crippen LogP contribution in [0, 0.1) is 5.92 Å². The lowest BCUT2D eigenvalue weighted by Crippen LogP contribution is -2.56. The summed E-state index contributed by atoms with van der Waals surface area (Å²) in [5.41, 5.74) is 6.94. The molecule has 4 atom stereocenters. The molecule has 31 heavy (non-hydrogen) atoms. The van der Waals surface area contributed by atoms with Gasteiger partial charge in [0.25, 0.3) is 0 Å². The Kier molecular flexibility index (Phi) is 15.0. The summed E-state index contributed by atoms with van der Waals surface area (Å²) in [4.78, 5) is 37.9. The third-order valence-electron chi connectivity index (χ3n) is 4.97. The van der Waals surface area contributed by atoms with Gasteiger partial charge in [-0.05, 0) is 36.8 Å². The summed E-state index contributed by atoms with van der Waals surface area (Å²) in [6, 6.07) is 7.08. The normalized spacial score (nSPS) is 14.4. The number of ether oxygens (including phenoxy) is 1. The maximum atomic E-state index is 13.0. The topological polar surface area (TPSA) is 111 Å². The van der Waals surface area contributed by atoms with E-state index in [-0.39, 0.29) is 30.8 Å². The van der Waals surface area contributed by atoms with Crippen LogP contribution in [0.4, 0.5) is 0 Å². The number of carbonyl (C=O) groups excluding carboxylic acids is 3. The summed E-state index contributed by atoms with van der Waals surface area (Å²) >= 11 is 1.58. The Bertz CT molecular complexity index is 678. The van der Waals surface area contributed by atoms with E-state index in [4.69, 9.17) is 10.5 Å². The fourth-order valence-electron chi connectivity index (χ4n) is 2.84. The van der Waals surface area contributed by atoms with Gasteiger partial charge >= 0.3 is 5.97 Å². The van der Waals surface area contributed by atoms with E-state index >= 15 is 0 Å². The molecule has 0 saturated heterocycles. The molecule has 0 bridgehead atoms. The molecule has 0 aromatic heterocycles. The molecule has 1 aromatic carbocycles. The van der Waals surface area contributed by atoms with E-state index in [0.29, 0.717) is 18.6 Å². The number of benzene rings is 1. The van der Waals surface area contributed by atoms with Crippen LogP contribution in [-0.2, 0) is 25.5 Å². The van der Waals surface area contributed by atoms with E-state index in [1.807, 2.05) is 50.4 Å². The van der Waals surface area contributed by atoms with Gasteiger partial charge in [-0.25, -0.2) is 4.79 Å². The van der Waals surface area contributed by atoms with Crippen LogP contribution in [0.25, 0.3) is 0 Å². The standard InChI is InChI=1S/C22H35N3O4S.ClH/c1-5-15(3)19(23)21(27)25-18(14-16-10-8-7-9-11-16)20(26)24-17(12-13-30-4)22(28)29-6-2;/h7-11,15,17-19H,5-6,12-14,23H2,1-4H3,(H,24,26)(H,25,27);1H/t15-,17-,18-,19-;/m0./s1. The van der Waals surface area contributed by atoms with Crippen molar-refractivity contribution in [3.8, 4) is 0 Å². The van der Waals surface area contributed by atoms with Crippen molar-refractivity contribution in [1.29, 1.82) is 0 Å². The van der Waals surface area contributed by atoms with Gasteiger partial charge in [-0.2, -0.15) is 11.8 Å². The quantitative estimate of drug-likeness (QED) is 0.379. The highest BCUT2D eigenvalue weighted by molar-refractivity contribution is 7.98. The molecule has 0 radical (unpaired) electrons. The largest absolute Gasteiger partial charge is 0.464 e. The molecule has 0 aliphatic carbocycles. The van der Waals surface area contributed by atoms with E-state index < -0.39 is 30.0 Å². The maximum Gasteiger partial charge on any atom is 0.328 e. The molecule has 9 heteroatoms. The monoisotopic (exact) mass is 473 g/mol. The predicted octanol–water partition coefficient (Wildman–Crippen LogP) is 2.31. The summed E-state index contributed by atoms with van der Waals surface area (Å²) in [6.07, 6.45) is 3.43. The number of carbonyl (C=O) groups is 3. The van der Waals surface area contributed by atoms with E-state index in [2.05, 4.69) is 10.6 Å². The van der Waals surface area contributed by atoms with Crippen molar-refractivity contribution in [3.05, 3.63) is 35.9 Å². The lowest BCUT2D eigenvalue weighted by atomic mass is 9.98. The Hall–Kier alpha value is -1.77. The van der Waals surface area contributed by atoms with Gasteiger partial charge in [0.1, 0.15) is 12.1 Å². The molecule has 2 amide bonds. The van der Waals surface area contributed by atoms with Crippen molar-refractivity contribution in [2.75, 3.05) is 18.6 Å². The molecule has 0 unspecified atom stereocenters. The zero-order chi connectivity index (χ0) is 22.5. The molecular formula is C22H36ClN3O4S. The Balaban J connectivity index is 0.00000900. The third kappa shape index (κ3) is 10.4. The molecule has 4 N–H and O–H groups in total. The Morgan fingerprint density at radius 1 is 1.06 bits per heavy atom. The van der Waals surface area contributed by atoms with Crippen molar-refractivity contribution in [2.24, 2.45) is 11.7 Å². The van der Waals surface area contributed by atoms with Crippen LogP contribution in [0.2, 0.25) is 0 Å². The first-order valence-corrected chi connectivity index (χ1v) is 11.8. The molecule has 7 nitrogen and oxygen atoms in total. The van der Waals surface area contributed by atoms with Crippen LogP contribution in [0.15, 0.2) is 30.3 Å². The second-order valence-corrected chi connectivity index (χ2v) is 8.24. The molecule has 0 aliphatic heterocycles. The number of esters is 1. The number of thioether (sulfide) groups is 1. The van der Waals surface area contributed by atoms with Crippen LogP contribution in [0.5, 0.6) is 0 Å². The van der Waals surface area contributed by atoms with E-state index in [0.717, 1.165) is 12.0 Å². The Morgan fingerprint density at radius 2 is 1.68 bits per heavy atom. The number of hydrogen-bond donors (Lipinski definition) is 3. The van der Waals surface area contributed by atoms with Gasteiger partial charge in [-0.1, -0.05) is 50.6 Å². The van der Waals surface area contributed by atoms with Crippen LogP contribution in [-0.4, -0.2) is 54.5 Å². The average Bonchev–Trinajstić information content (AvgIpc) is 2.75. The maximum absolute atomic E-state index is 13.0. The highest BCUT2D eigenvalue weighted by Crippen LogP contribution is 2.09. The number of hydrogen-bond acceptors (Lipinski definition) is 6. The molecular weight excluding hydrogens is 438 g/mol. The zero-order valence-electron chi connectivity index (χ0n) is 18.8. The second-order valence-electron chi connectivity index (χ2n) is 7.26. The molecule has 0 spiro atoms. The van der Waals surface area contributed by atoms with Gasteiger partial charge < -0.3 is 21.1 Å². The molecule has 1 aromatic rings. The van der Waals surface area contributed by atoms with Crippen molar-refractivity contribution in [2.45, 2.75) is 58.2 Å². The van der Waals surface area contributed by atoms with Gasteiger partial charge in [-0.3, -0.25) is 9.59 Å². The zero-order valence-corrected chi connectivity index (χ0v) is 20.4. The van der Waals surface area contributed by atoms with Crippen LogP contribution in [0.3, 0.4) is 0 Å². The SMILES string of the molecule is CCOC(=O)[C@H](CCSC)NC(=O)[C@H](Cc1ccccc1)NC(=O)[C@@H](N)[C@@H](C)CC.Cl. The van der Waals surface area contributed by atoms with Gasteiger partial charge in [0.2, 0.25) is 11.8 Å². The van der Waals surface area contributed by atoms with Crippen molar-refractivity contribution in [1.82, 2.24) is 10.6 Å². The van der Waals surface area contributed by atoms with Gasteiger partial charge in [0, 0.05) is 6.42 Å². The minimum Gasteiger partial charge on any atom is -0.464 e. The Morgan fingerprint density at radius 3 is 2.23 bits per heavy atom. The van der Waals surface area contributed by atoms with Gasteiger partial charge in [-0.15, -0.1) is 12.4 Å². The third-order valence-corrected chi connectivity index (χ3v) is 5.62. The van der Waals surface area contributed by atoms with Crippen molar-refractivity contribution in [3.63, 3.8) is 0 Å². The number of rotatable bonds is 13. The van der Waals surface area contributed by atoms with Crippen molar-refractivity contribution < 1.29 is 19.1 Å². The van der Waals surface area contributed by atoms with Gasteiger partial charge in [0.15, 0.2) is 0 Å². The molecule has 0 fully saturated rings. The molecule has 176 valence electrons. The Labute approximate surface area is 196 Å². The molecule has 0 saturated carbocycles. The van der Waals surface area contributed by atoms with E-state index in [1.54, 1.807) is 18.7 Å². The lowest BCUT2D eigenvalue weighted by molar-refractivity contribution is -0.147. The second kappa shape index (κ2) is 15.9. The number of nitrogens with one attached hydrogen (secondary N) is 2. The summed E-state index contributed by atoms with van der Waals surface area (Å²) in [7, 11) is 0.